The van der Waals surface area contributed by atoms with E-state index in [0.717, 1.165) is 16.2 Å². The number of aliphatic carboxylic acids is 2. The summed E-state index contributed by atoms with van der Waals surface area (Å²) < 4.78 is 1.63. The van der Waals surface area contributed by atoms with Gasteiger partial charge in [0.05, 0.1) is 24.3 Å². The van der Waals surface area contributed by atoms with Gasteiger partial charge < -0.3 is 42.4 Å². The first-order chi connectivity index (χ1) is 19.6. The first-order valence-electron chi connectivity index (χ1n) is 12.1. The number of thioether (sulfide) groups is 2. The van der Waals surface area contributed by atoms with Gasteiger partial charge in [0, 0.05) is 16.9 Å². The zero-order chi connectivity index (χ0) is 31.1. The Hall–Kier alpha value is -4.10. The molecule has 2 atom stereocenters. The van der Waals surface area contributed by atoms with E-state index in [9.17, 15) is 29.4 Å². The van der Waals surface area contributed by atoms with Gasteiger partial charge in [0.15, 0.2) is 10.8 Å². The number of carboxylic acids is 2. The van der Waals surface area contributed by atoms with E-state index in [0.29, 0.717) is 22.1 Å². The standard InChI is InChI=1S/C23H27N9O7S3/c1-8-14(24)29-22(31(4)15(8)25)42-6-9-5-40-18-12(17(34)32(18)13(9)19(35)36)28-16(33)11(10-7-41-21(26)27-10)30-39-23(2,3)20(37)38/h7,12,18H,5-6H2,1-4H3,(H8,24,25,26,27,28,33,35,36,37,38)/b30-11-. The monoisotopic (exact) mass is 637 g/mol. The van der Waals surface area contributed by atoms with Crippen LogP contribution in [0.3, 0.4) is 0 Å². The molecular weight excluding hydrogens is 611 g/mol. The summed E-state index contributed by atoms with van der Waals surface area (Å²) in [5, 5.41) is 28.9. The summed E-state index contributed by atoms with van der Waals surface area (Å²) in [6.45, 7) is 4.20. The molecule has 0 aliphatic carbocycles. The van der Waals surface area contributed by atoms with Crippen LogP contribution in [0.5, 0.6) is 0 Å². The van der Waals surface area contributed by atoms with E-state index in [2.05, 4.69) is 20.4 Å². The number of nitrogen functional groups attached to an aromatic ring is 3. The van der Waals surface area contributed by atoms with Crippen molar-refractivity contribution in [2.45, 2.75) is 42.9 Å². The van der Waals surface area contributed by atoms with Gasteiger partial charge in [-0.25, -0.2) is 14.3 Å². The van der Waals surface area contributed by atoms with Crippen molar-refractivity contribution in [1.29, 1.82) is 0 Å². The molecule has 2 unspecified atom stereocenters. The number of hydrogen-bond acceptors (Lipinski definition) is 15. The average molecular weight is 638 g/mol. The smallest absolute Gasteiger partial charge is 0.350 e. The van der Waals surface area contributed by atoms with Gasteiger partial charge in [0.1, 0.15) is 17.1 Å². The molecule has 1 fully saturated rings. The van der Waals surface area contributed by atoms with E-state index in [4.69, 9.17) is 22.0 Å². The second-order valence-electron chi connectivity index (χ2n) is 9.66. The number of fused-ring (bicyclic) bond motifs is 1. The molecule has 0 saturated carbocycles. The summed E-state index contributed by atoms with van der Waals surface area (Å²) in [5.74, 6) is -3.42. The predicted octanol–water partition coefficient (Wildman–Crippen LogP) is -1.80. The van der Waals surface area contributed by atoms with Crippen LogP contribution in [0.2, 0.25) is 0 Å². The molecular formula is C23H27N9O7S3. The molecule has 4 heterocycles. The Morgan fingerprint density at radius 3 is 2.62 bits per heavy atom. The summed E-state index contributed by atoms with van der Waals surface area (Å²) in [7, 11) is 1.70. The molecule has 1 saturated heterocycles. The van der Waals surface area contributed by atoms with Gasteiger partial charge in [-0.3, -0.25) is 14.5 Å². The lowest BCUT2D eigenvalue weighted by molar-refractivity contribution is -0.699. The Labute approximate surface area is 251 Å². The van der Waals surface area contributed by atoms with Gasteiger partial charge in [0.2, 0.25) is 17.2 Å². The molecule has 2 aliphatic heterocycles. The number of aromatic nitrogens is 3. The van der Waals surface area contributed by atoms with Crippen molar-refractivity contribution in [2.75, 3.05) is 28.7 Å². The first-order valence-corrected chi connectivity index (χ1v) is 15.0. The highest BCUT2D eigenvalue weighted by Gasteiger charge is 2.53. The fourth-order valence-corrected chi connectivity index (χ4v) is 6.84. The molecule has 19 heteroatoms. The maximum absolute atomic E-state index is 13.2. The number of nitrogens with zero attached hydrogens (tertiary/aromatic N) is 5. The van der Waals surface area contributed by atoms with Gasteiger partial charge in [-0.05, 0) is 38.1 Å². The molecule has 0 spiro atoms. The second kappa shape index (κ2) is 11.6. The fraction of sp³-hybridized carbons (Fsp3) is 0.391. The Kier molecular flexibility index (Phi) is 8.55. The third-order valence-electron chi connectivity index (χ3n) is 6.40. The Morgan fingerprint density at radius 1 is 1.33 bits per heavy atom. The van der Waals surface area contributed by atoms with Crippen LogP contribution in [0.4, 0.5) is 16.8 Å². The van der Waals surface area contributed by atoms with Gasteiger partial charge in [-0.2, -0.15) is 0 Å². The Morgan fingerprint density at radius 2 is 2.02 bits per heavy atom. The minimum atomic E-state index is -1.78. The highest BCUT2D eigenvalue weighted by atomic mass is 32.2. The minimum Gasteiger partial charge on any atom is -0.543 e. The van der Waals surface area contributed by atoms with E-state index in [1.807, 2.05) is 0 Å². The summed E-state index contributed by atoms with van der Waals surface area (Å²) >= 11 is 3.46. The van der Waals surface area contributed by atoms with Gasteiger partial charge in [-0.1, -0.05) is 10.1 Å². The minimum absolute atomic E-state index is 0.00454. The average Bonchev–Trinajstić information content (AvgIpc) is 3.36. The van der Waals surface area contributed by atoms with Gasteiger partial charge in [-0.15, -0.1) is 23.1 Å². The number of nitrogens with two attached hydrogens (primary N) is 3. The normalized spacial score (nSPS) is 18.8. The van der Waals surface area contributed by atoms with Crippen LogP contribution in [0.25, 0.3) is 0 Å². The van der Waals surface area contributed by atoms with Crippen molar-refractivity contribution in [2.24, 2.45) is 12.2 Å². The number of anilines is 3. The van der Waals surface area contributed by atoms with E-state index >= 15 is 0 Å². The molecule has 8 N–H and O–H groups in total. The highest BCUT2D eigenvalue weighted by Crippen LogP contribution is 2.41. The van der Waals surface area contributed by atoms with E-state index in [1.54, 1.807) is 18.5 Å². The van der Waals surface area contributed by atoms with Crippen molar-refractivity contribution >= 4 is 81.1 Å². The number of carbonyl (C=O) groups is 4. The van der Waals surface area contributed by atoms with Crippen molar-refractivity contribution in [1.82, 2.24) is 20.2 Å². The van der Waals surface area contributed by atoms with Crippen LogP contribution < -0.4 is 32.2 Å². The van der Waals surface area contributed by atoms with E-state index in [-0.39, 0.29) is 33.8 Å². The number of β-lactam (4-membered cyclic amide) rings is 1. The molecule has 224 valence electrons. The van der Waals surface area contributed by atoms with Gasteiger partial charge in [0.25, 0.3) is 11.8 Å². The molecule has 16 nitrogen and oxygen atoms in total. The maximum atomic E-state index is 13.2. The number of rotatable bonds is 10. The molecule has 2 aromatic rings. The quantitative estimate of drug-likeness (QED) is 0.0481. The largest absolute Gasteiger partial charge is 0.543 e. The number of hydrogen-bond donors (Lipinski definition) is 5. The van der Waals surface area contributed by atoms with Crippen LogP contribution in [-0.2, 0) is 31.1 Å². The molecule has 0 bridgehead atoms. The van der Waals surface area contributed by atoms with Crippen LogP contribution in [0.1, 0.15) is 25.1 Å². The van der Waals surface area contributed by atoms with Crippen molar-refractivity contribution < 1.29 is 38.8 Å². The third kappa shape index (κ3) is 5.79. The molecule has 42 heavy (non-hydrogen) atoms. The number of thiazole rings is 1. The van der Waals surface area contributed by atoms with Crippen LogP contribution in [-0.4, -0.2) is 78.0 Å². The van der Waals surface area contributed by atoms with Crippen molar-refractivity contribution in [3.05, 3.63) is 27.9 Å². The van der Waals surface area contributed by atoms with Gasteiger partial charge >= 0.3 is 11.1 Å². The lowest BCUT2D eigenvalue weighted by Gasteiger charge is -2.50. The lowest BCUT2D eigenvalue weighted by atomic mass is 10.0. The summed E-state index contributed by atoms with van der Waals surface area (Å²) in [4.78, 5) is 64.4. The predicted molar refractivity (Wildman–Crippen MR) is 153 cm³/mol. The number of oxime groups is 1. The lowest BCUT2D eigenvalue weighted by Crippen LogP contribution is -2.71. The van der Waals surface area contributed by atoms with E-state index in [1.165, 1.54) is 42.8 Å². The molecule has 0 radical (unpaired) electrons. The van der Waals surface area contributed by atoms with Crippen molar-refractivity contribution in [3.8, 4) is 0 Å². The van der Waals surface area contributed by atoms with Crippen LogP contribution in [0.15, 0.2) is 27.0 Å². The summed E-state index contributed by atoms with van der Waals surface area (Å²) in [5.41, 5.74) is 16.3. The highest BCUT2D eigenvalue weighted by molar-refractivity contribution is 8.01. The van der Waals surface area contributed by atoms with Crippen LogP contribution in [0, 0.1) is 6.92 Å². The zero-order valence-corrected chi connectivity index (χ0v) is 25.2. The zero-order valence-electron chi connectivity index (χ0n) is 22.7. The molecule has 4 rings (SSSR count). The third-order valence-corrected chi connectivity index (χ3v) is 9.52. The van der Waals surface area contributed by atoms with Crippen molar-refractivity contribution in [3.63, 3.8) is 0 Å². The Balaban J connectivity index is 1.54. The fourth-order valence-electron chi connectivity index (χ4n) is 3.82. The van der Waals surface area contributed by atoms with Crippen LogP contribution >= 0.6 is 34.9 Å². The SMILES string of the molecule is Cc1c(N)nc(SCC2=C(C(=O)[O-])N3C(=O)C(NC(=O)/C(=N\OC(C)(C)C(=O)O)c4csc(N)n4)C3SC2)[n+](C)c1N. The molecule has 0 aromatic carbocycles. The molecule has 2 aromatic heterocycles. The van der Waals surface area contributed by atoms with E-state index < -0.39 is 46.5 Å². The molecule has 2 amide bonds. The number of carbonyl (C=O) groups excluding carboxylic acids is 3. The summed E-state index contributed by atoms with van der Waals surface area (Å²) in [6.07, 6.45) is 0. The number of carboxylic acid groups (broad SMARTS) is 2. The number of amides is 2. The Bertz CT molecular complexity index is 1560. The summed E-state index contributed by atoms with van der Waals surface area (Å²) in [6, 6.07) is -1.11. The number of nitrogens with one attached hydrogen (secondary N) is 1. The molecule has 2 aliphatic rings. The maximum Gasteiger partial charge on any atom is 0.350 e. The topological polar surface area (TPSA) is 256 Å². The first kappa shape index (κ1) is 30.8. The second-order valence-corrected chi connectivity index (χ2v) is 12.6.